The van der Waals surface area contributed by atoms with E-state index in [0.717, 1.165) is 19.3 Å². The molecule has 2 atom stereocenters. The van der Waals surface area contributed by atoms with Crippen LogP contribution in [0.4, 0.5) is 0 Å². The minimum atomic E-state index is -0.0813. The molecule has 1 aliphatic carbocycles. The fourth-order valence-corrected chi connectivity index (χ4v) is 3.39. The van der Waals surface area contributed by atoms with Crippen molar-refractivity contribution in [1.82, 2.24) is 10.2 Å². The number of benzene rings is 1. The third-order valence-corrected chi connectivity index (χ3v) is 4.97. The van der Waals surface area contributed by atoms with Crippen LogP contribution in [0.2, 0.25) is 0 Å². The van der Waals surface area contributed by atoms with Crippen molar-refractivity contribution in [3.63, 3.8) is 0 Å². The molecule has 1 aliphatic rings. The molecule has 3 N–H and O–H groups in total. The van der Waals surface area contributed by atoms with Crippen molar-refractivity contribution in [1.29, 1.82) is 0 Å². The first-order chi connectivity index (χ1) is 11.6. The van der Waals surface area contributed by atoms with E-state index in [-0.39, 0.29) is 30.3 Å². The van der Waals surface area contributed by atoms with Gasteiger partial charge in [0.05, 0.1) is 0 Å². The van der Waals surface area contributed by atoms with E-state index in [2.05, 4.69) is 5.32 Å². The topological polar surface area (TPSA) is 75.4 Å². The van der Waals surface area contributed by atoms with Gasteiger partial charge in [-0.3, -0.25) is 9.59 Å². The van der Waals surface area contributed by atoms with E-state index in [1.165, 1.54) is 6.42 Å². The molecule has 0 heterocycles. The molecule has 0 spiro atoms. The van der Waals surface area contributed by atoms with Gasteiger partial charge in [0.25, 0.3) is 11.8 Å². The molecular formula is C19H30ClN3O2. The van der Waals surface area contributed by atoms with Crippen LogP contribution in [0, 0.1) is 5.92 Å². The van der Waals surface area contributed by atoms with E-state index < -0.39 is 0 Å². The van der Waals surface area contributed by atoms with Gasteiger partial charge in [-0.15, -0.1) is 12.4 Å². The lowest BCUT2D eigenvalue weighted by Gasteiger charge is -2.31. The second kappa shape index (κ2) is 10.4. The molecule has 1 saturated carbocycles. The van der Waals surface area contributed by atoms with Crippen molar-refractivity contribution < 1.29 is 9.59 Å². The highest BCUT2D eigenvalue weighted by molar-refractivity contribution is 5.97. The summed E-state index contributed by atoms with van der Waals surface area (Å²) in [4.78, 5) is 26.5. The molecule has 1 fully saturated rings. The lowest BCUT2D eigenvalue weighted by Crippen LogP contribution is -2.44. The Morgan fingerprint density at radius 3 is 2.20 bits per heavy atom. The number of hydrogen-bond acceptors (Lipinski definition) is 3. The Bertz CT molecular complexity index is 558. The van der Waals surface area contributed by atoms with Gasteiger partial charge in [0, 0.05) is 30.3 Å². The lowest BCUT2D eigenvalue weighted by molar-refractivity contribution is 0.0772. The molecule has 6 heteroatoms. The Morgan fingerprint density at radius 1 is 1.08 bits per heavy atom. The van der Waals surface area contributed by atoms with Crippen LogP contribution in [0.15, 0.2) is 24.3 Å². The fourth-order valence-electron chi connectivity index (χ4n) is 3.39. The van der Waals surface area contributed by atoms with Crippen molar-refractivity contribution in [2.45, 2.75) is 45.6 Å². The summed E-state index contributed by atoms with van der Waals surface area (Å²) >= 11 is 0. The van der Waals surface area contributed by atoms with Gasteiger partial charge in [-0.2, -0.15) is 0 Å². The highest BCUT2D eigenvalue weighted by atomic mass is 35.5. The van der Waals surface area contributed by atoms with Crippen LogP contribution in [-0.2, 0) is 0 Å². The van der Waals surface area contributed by atoms with Gasteiger partial charge in [0.15, 0.2) is 0 Å². The summed E-state index contributed by atoms with van der Waals surface area (Å²) in [6.07, 6.45) is 4.40. The maximum Gasteiger partial charge on any atom is 0.253 e. The molecule has 2 amide bonds. The van der Waals surface area contributed by atoms with Crippen LogP contribution in [0.25, 0.3) is 0 Å². The van der Waals surface area contributed by atoms with Gasteiger partial charge < -0.3 is 16.0 Å². The maximum absolute atomic E-state index is 12.5. The molecule has 0 saturated heterocycles. The molecule has 5 nitrogen and oxygen atoms in total. The summed E-state index contributed by atoms with van der Waals surface area (Å²) < 4.78 is 0. The molecule has 0 bridgehead atoms. The van der Waals surface area contributed by atoms with Crippen molar-refractivity contribution >= 4 is 24.2 Å². The molecule has 1 aromatic rings. The van der Waals surface area contributed by atoms with Gasteiger partial charge in [-0.05, 0) is 63.4 Å². The van der Waals surface area contributed by atoms with E-state index in [4.69, 9.17) is 5.73 Å². The van der Waals surface area contributed by atoms with E-state index >= 15 is 0 Å². The SMILES string of the molecule is CCN(CC)C(=O)c1ccc(C(=O)NC2CCCCC2CN)cc1.Cl. The fraction of sp³-hybridized carbons (Fsp3) is 0.579. The largest absolute Gasteiger partial charge is 0.349 e. The third-order valence-electron chi connectivity index (χ3n) is 4.97. The Labute approximate surface area is 156 Å². The van der Waals surface area contributed by atoms with Gasteiger partial charge >= 0.3 is 0 Å². The number of nitrogens with one attached hydrogen (secondary N) is 1. The van der Waals surface area contributed by atoms with Crippen molar-refractivity contribution in [2.24, 2.45) is 11.7 Å². The summed E-state index contributed by atoms with van der Waals surface area (Å²) in [7, 11) is 0. The van der Waals surface area contributed by atoms with Crippen LogP contribution in [-0.4, -0.2) is 42.4 Å². The Hall–Kier alpha value is -1.59. The zero-order valence-electron chi connectivity index (χ0n) is 15.2. The predicted octanol–water partition coefficient (Wildman–Crippen LogP) is 2.84. The monoisotopic (exact) mass is 367 g/mol. The molecule has 0 aliphatic heterocycles. The molecule has 0 radical (unpaired) electrons. The second-order valence-corrected chi connectivity index (χ2v) is 6.41. The Morgan fingerprint density at radius 2 is 1.64 bits per heavy atom. The summed E-state index contributed by atoms with van der Waals surface area (Å²) in [5.74, 6) is 0.288. The van der Waals surface area contributed by atoms with Crippen LogP contribution in [0.5, 0.6) is 0 Å². The third kappa shape index (κ3) is 5.44. The summed E-state index contributed by atoms with van der Waals surface area (Å²) in [5.41, 5.74) is 7.03. The minimum absolute atomic E-state index is 0. The average molecular weight is 368 g/mol. The molecule has 1 aromatic carbocycles. The van der Waals surface area contributed by atoms with Crippen LogP contribution < -0.4 is 11.1 Å². The number of nitrogens with two attached hydrogens (primary N) is 1. The summed E-state index contributed by atoms with van der Waals surface area (Å²) in [6, 6.07) is 7.08. The second-order valence-electron chi connectivity index (χ2n) is 6.41. The first-order valence-electron chi connectivity index (χ1n) is 9.00. The Kier molecular flexibility index (Phi) is 8.93. The van der Waals surface area contributed by atoms with Crippen LogP contribution in [0.3, 0.4) is 0 Å². The van der Waals surface area contributed by atoms with E-state index in [9.17, 15) is 9.59 Å². The first kappa shape index (κ1) is 21.5. The zero-order valence-corrected chi connectivity index (χ0v) is 16.0. The Balaban J connectivity index is 0.00000312. The van der Waals surface area contributed by atoms with Crippen molar-refractivity contribution in [3.05, 3.63) is 35.4 Å². The van der Waals surface area contributed by atoms with Gasteiger partial charge in [0.2, 0.25) is 0 Å². The highest BCUT2D eigenvalue weighted by Gasteiger charge is 2.25. The maximum atomic E-state index is 12.5. The lowest BCUT2D eigenvalue weighted by atomic mass is 9.84. The van der Waals surface area contributed by atoms with Crippen LogP contribution in [0.1, 0.15) is 60.2 Å². The standard InChI is InChI=1S/C19H29N3O2.ClH/c1-3-22(4-2)19(24)15-11-9-14(10-12-15)18(23)21-17-8-6-5-7-16(17)13-20;/h9-12,16-17H,3-8,13,20H2,1-2H3,(H,21,23);1H. The van der Waals surface area contributed by atoms with Gasteiger partial charge in [0.1, 0.15) is 0 Å². The minimum Gasteiger partial charge on any atom is -0.349 e. The smallest absolute Gasteiger partial charge is 0.253 e. The van der Waals surface area contributed by atoms with E-state index in [1.54, 1.807) is 29.2 Å². The number of nitrogens with zero attached hydrogens (tertiary/aromatic N) is 1. The zero-order chi connectivity index (χ0) is 17.5. The number of carbonyl (C=O) groups excluding carboxylic acids is 2. The van der Waals surface area contributed by atoms with Crippen molar-refractivity contribution in [3.8, 4) is 0 Å². The number of carbonyl (C=O) groups is 2. The first-order valence-corrected chi connectivity index (χ1v) is 9.00. The number of halogens is 1. The van der Waals surface area contributed by atoms with Gasteiger partial charge in [-0.25, -0.2) is 0 Å². The molecule has 25 heavy (non-hydrogen) atoms. The number of hydrogen-bond donors (Lipinski definition) is 2. The summed E-state index contributed by atoms with van der Waals surface area (Å²) in [6.45, 7) is 5.89. The molecule has 2 unspecified atom stereocenters. The van der Waals surface area contributed by atoms with Gasteiger partial charge in [-0.1, -0.05) is 12.8 Å². The molecule has 140 valence electrons. The van der Waals surface area contributed by atoms with E-state index in [1.807, 2.05) is 13.8 Å². The molecule has 0 aromatic heterocycles. The van der Waals surface area contributed by atoms with Crippen LogP contribution >= 0.6 is 12.4 Å². The quantitative estimate of drug-likeness (QED) is 0.811. The average Bonchev–Trinajstić information content (AvgIpc) is 2.63. The summed E-state index contributed by atoms with van der Waals surface area (Å²) in [5, 5.41) is 3.12. The van der Waals surface area contributed by atoms with Crippen molar-refractivity contribution in [2.75, 3.05) is 19.6 Å². The number of rotatable bonds is 6. The number of amides is 2. The predicted molar refractivity (Wildman–Crippen MR) is 103 cm³/mol. The molecule has 2 rings (SSSR count). The highest BCUT2D eigenvalue weighted by Crippen LogP contribution is 2.23. The normalized spacial score (nSPS) is 19.6. The van der Waals surface area contributed by atoms with E-state index in [0.29, 0.717) is 36.7 Å². The molecular weight excluding hydrogens is 338 g/mol.